The van der Waals surface area contributed by atoms with Crippen molar-refractivity contribution in [1.29, 1.82) is 0 Å². The number of benzene rings is 3. The van der Waals surface area contributed by atoms with Crippen LogP contribution in [0.2, 0.25) is 0 Å². The lowest BCUT2D eigenvalue weighted by molar-refractivity contribution is -0.278. The lowest BCUT2D eigenvalue weighted by Crippen LogP contribution is -2.60. The number of fused-ring (bicyclic) bond motifs is 1. The maximum Gasteiger partial charge on any atom is 0.330 e. The number of phenols is 3. The van der Waals surface area contributed by atoms with Crippen molar-refractivity contribution < 1.29 is 88.3 Å². The van der Waals surface area contributed by atoms with E-state index in [1.54, 1.807) is 13.0 Å². The second-order valence-electron chi connectivity index (χ2n) is 13.6. The largest absolute Gasteiger partial charge is 0.507 e. The minimum absolute atomic E-state index is 0.0519. The molecule has 2 aliphatic rings. The van der Waals surface area contributed by atoms with Gasteiger partial charge in [0.2, 0.25) is 23.8 Å². The van der Waals surface area contributed by atoms with Crippen molar-refractivity contribution in [3.8, 4) is 51.6 Å². The number of carbonyl (C=O) groups is 1. The van der Waals surface area contributed by atoms with E-state index in [9.17, 15) is 55.5 Å². The van der Waals surface area contributed by atoms with Gasteiger partial charge in [0, 0.05) is 23.8 Å². The van der Waals surface area contributed by atoms with Crippen LogP contribution in [-0.2, 0) is 19.0 Å². The van der Waals surface area contributed by atoms with E-state index in [-0.39, 0.29) is 45.7 Å². The van der Waals surface area contributed by atoms with E-state index in [0.29, 0.717) is 11.1 Å². The molecule has 312 valence electrons. The van der Waals surface area contributed by atoms with E-state index in [2.05, 4.69) is 0 Å². The first kappa shape index (κ1) is 42.0. The zero-order valence-electron chi connectivity index (χ0n) is 31.3. The van der Waals surface area contributed by atoms with Gasteiger partial charge in [0.25, 0.3) is 0 Å². The Balaban J connectivity index is 1.30. The zero-order chi connectivity index (χ0) is 42.2. The van der Waals surface area contributed by atoms with Gasteiger partial charge in [-0.1, -0.05) is 0 Å². The van der Waals surface area contributed by atoms with Crippen LogP contribution >= 0.6 is 0 Å². The van der Waals surface area contributed by atoms with E-state index in [0.717, 1.165) is 18.2 Å². The molecule has 19 nitrogen and oxygen atoms in total. The Kier molecular flexibility index (Phi) is 12.4. The van der Waals surface area contributed by atoms with Crippen LogP contribution in [0.25, 0.3) is 28.4 Å². The van der Waals surface area contributed by atoms with Gasteiger partial charge < -0.3 is 83.5 Å². The number of ether oxygens (including phenoxy) is 7. The van der Waals surface area contributed by atoms with Crippen LogP contribution < -0.4 is 24.4 Å². The second-order valence-corrected chi connectivity index (χ2v) is 13.6. The number of rotatable bonds is 11. The van der Waals surface area contributed by atoms with E-state index in [4.69, 9.17) is 37.6 Å². The van der Waals surface area contributed by atoms with Gasteiger partial charge in [-0.05, 0) is 61.4 Å². The minimum Gasteiger partial charge on any atom is -0.507 e. The molecule has 0 spiro atoms. The van der Waals surface area contributed by atoms with Gasteiger partial charge in [-0.25, -0.2) is 4.79 Å². The number of hydrogen-bond donors (Lipinski definition) is 9. The quantitative estimate of drug-likeness (QED) is 0.0738. The molecule has 2 aliphatic heterocycles. The molecular weight excluding hydrogens is 772 g/mol. The topological polar surface area (TPSA) is 294 Å². The summed E-state index contributed by atoms with van der Waals surface area (Å²) in [5.41, 5.74) is -0.332. The third-order valence-corrected chi connectivity index (χ3v) is 9.62. The third kappa shape index (κ3) is 8.33. The summed E-state index contributed by atoms with van der Waals surface area (Å²) in [5, 5.41) is 94.1. The average molecular weight is 815 g/mol. The highest BCUT2D eigenvalue weighted by Crippen LogP contribution is 2.40. The van der Waals surface area contributed by atoms with Crippen LogP contribution in [0.5, 0.6) is 40.2 Å². The monoisotopic (exact) mass is 814 g/mol. The molecule has 0 radical (unpaired) electrons. The molecule has 0 aliphatic carbocycles. The summed E-state index contributed by atoms with van der Waals surface area (Å²) in [6.45, 7) is 2.40. The van der Waals surface area contributed by atoms with E-state index in [1.807, 2.05) is 0 Å². The lowest BCUT2D eigenvalue weighted by atomic mass is 9.99. The molecule has 3 heterocycles. The number of aromatic hydroxyl groups is 3. The molecule has 58 heavy (non-hydrogen) atoms. The second kappa shape index (κ2) is 17.1. The first-order chi connectivity index (χ1) is 27.5. The Morgan fingerprint density at radius 2 is 1.45 bits per heavy atom. The van der Waals surface area contributed by atoms with Gasteiger partial charge in [0.05, 0.1) is 20.3 Å². The molecule has 0 saturated carbocycles. The predicted molar refractivity (Wildman–Crippen MR) is 197 cm³/mol. The summed E-state index contributed by atoms with van der Waals surface area (Å²) in [6, 6.07) is 9.01. The van der Waals surface area contributed by atoms with Crippen molar-refractivity contribution in [3.05, 3.63) is 69.9 Å². The van der Waals surface area contributed by atoms with Gasteiger partial charge in [0.15, 0.2) is 28.8 Å². The first-order valence-electron chi connectivity index (χ1n) is 17.7. The molecule has 4 unspecified atom stereocenters. The van der Waals surface area contributed by atoms with Gasteiger partial charge in [-0.2, -0.15) is 0 Å². The standard InChI is InChI=1S/C39H42O19/c1-15-9-17(10-24(52-4)28(15)43)5-8-26(42)53-14-25-30(45)33(48)35(50)39(57-25)58-37-31(46)27-21(41)12-19(55-38-34(49)32(47)29(44)16(2)54-38)13-23(27)56-36(37)18-6-7-20(40)22(11-18)51-3/h5-13,16,25,29-30,32-35,38-41,43-45,47-50H,14H2,1-4H3/b8-5+/t16?,25?,29-,30+,32-,33-,34?,35?,38-,39-/m0/s1. The highest BCUT2D eigenvalue weighted by Gasteiger charge is 2.46. The van der Waals surface area contributed by atoms with Crippen molar-refractivity contribution >= 4 is 23.0 Å². The molecule has 4 aromatic rings. The molecule has 1 aromatic heterocycles. The van der Waals surface area contributed by atoms with Crippen LogP contribution in [0.1, 0.15) is 18.1 Å². The molecule has 0 bridgehead atoms. The fourth-order valence-corrected chi connectivity index (χ4v) is 6.36. The fraction of sp³-hybridized carbons (Fsp3) is 0.385. The number of aliphatic hydroxyl groups is 6. The number of aryl methyl sites for hydroxylation is 1. The predicted octanol–water partition coefficient (Wildman–Crippen LogP) is 0.552. The van der Waals surface area contributed by atoms with Crippen molar-refractivity contribution in [3.63, 3.8) is 0 Å². The van der Waals surface area contributed by atoms with Crippen molar-refractivity contribution in [2.75, 3.05) is 20.8 Å². The summed E-state index contributed by atoms with van der Waals surface area (Å²) in [5.74, 6) is -3.13. The Morgan fingerprint density at radius 3 is 2.14 bits per heavy atom. The fourth-order valence-electron chi connectivity index (χ4n) is 6.36. The maximum absolute atomic E-state index is 14.2. The van der Waals surface area contributed by atoms with Crippen molar-refractivity contribution in [1.82, 2.24) is 0 Å². The molecule has 9 N–H and O–H groups in total. The number of aliphatic hydroxyl groups excluding tert-OH is 6. The summed E-state index contributed by atoms with van der Waals surface area (Å²) in [6.07, 6.45) is -14.0. The Morgan fingerprint density at radius 1 is 0.776 bits per heavy atom. The number of esters is 1. The van der Waals surface area contributed by atoms with Crippen LogP contribution in [0.4, 0.5) is 0 Å². The molecule has 0 amide bonds. The third-order valence-electron chi connectivity index (χ3n) is 9.62. The van der Waals surface area contributed by atoms with Crippen LogP contribution in [0.3, 0.4) is 0 Å². The molecule has 2 saturated heterocycles. The summed E-state index contributed by atoms with van der Waals surface area (Å²) in [7, 11) is 2.63. The van der Waals surface area contributed by atoms with Crippen LogP contribution in [-0.4, -0.2) is 134 Å². The van der Waals surface area contributed by atoms with E-state index < -0.39 is 96.3 Å². The minimum atomic E-state index is -2.01. The van der Waals surface area contributed by atoms with E-state index >= 15 is 0 Å². The SMILES string of the molecule is COc1cc(-c2oc3cc(O[C@@H]4OC(C)[C@H](O)[C@H](O)C4O)cc(O)c3c(=O)c2O[C@@H]2OC(COC(=O)/C=C/c3cc(C)c(O)c(OC)c3)[C@@H](O)[C@H](O)C2O)ccc1O. The molecule has 19 heteroatoms. The normalized spacial score (nSPS) is 27.3. The Bertz CT molecular complexity index is 2240. The lowest BCUT2D eigenvalue weighted by Gasteiger charge is -2.39. The molecule has 6 rings (SSSR count). The molecule has 2 fully saturated rings. The molecule has 10 atom stereocenters. The van der Waals surface area contributed by atoms with Crippen molar-refractivity contribution in [2.24, 2.45) is 0 Å². The van der Waals surface area contributed by atoms with Gasteiger partial charge in [-0.15, -0.1) is 0 Å². The molecular formula is C39H42O19. The van der Waals surface area contributed by atoms with Gasteiger partial charge in [0.1, 0.15) is 71.8 Å². The average Bonchev–Trinajstić information content (AvgIpc) is 3.19. The smallest absolute Gasteiger partial charge is 0.330 e. The zero-order valence-corrected chi connectivity index (χ0v) is 31.3. The molecule has 3 aromatic carbocycles. The maximum atomic E-state index is 14.2. The van der Waals surface area contributed by atoms with Crippen LogP contribution in [0, 0.1) is 6.92 Å². The Labute approximate surface area is 328 Å². The van der Waals surface area contributed by atoms with Gasteiger partial charge in [-0.3, -0.25) is 4.79 Å². The number of phenolic OH excluding ortho intramolecular Hbond substituents is 3. The first-order valence-corrected chi connectivity index (χ1v) is 17.7. The summed E-state index contributed by atoms with van der Waals surface area (Å²) >= 11 is 0. The van der Waals surface area contributed by atoms with Crippen LogP contribution in [0.15, 0.2) is 57.8 Å². The highest BCUT2D eigenvalue weighted by molar-refractivity contribution is 5.89. The van der Waals surface area contributed by atoms with E-state index in [1.165, 1.54) is 51.5 Å². The summed E-state index contributed by atoms with van der Waals surface area (Å²) in [4.78, 5) is 26.8. The highest BCUT2D eigenvalue weighted by atomic mass is 16.7. The summed E-state index contributed by atoms with van der Waals surface area (Å²) < 4.78 is 44.4. The van der Waals surface area contributed by atoms with Crippen molar-refractivity contribution in [2.45, 2.75) is 75.3 Å². The number of methoxy groups -OCH3 is 2. The van der Waals surface area contributed by atoms with Gasteiger partial charge >= 0.3 is 5.97 Å². The number of hydrogen-bond acceptors (Lipinski definition) is 19. The number of carbonyl (C=O) groups excluding carboxylic acids is 1. The Hall–Kier alpha value is -5.64.